The average molecular weight is 220 g/mol. The molecule has 1 atom stereocenters. The number of nitrogens with one attached hydrogen (secondary N) is 1. The number of aliphatic hydroxyl groups excluding tert-OH is 1. The van der Waals surface area contributed by atoms with Crippen molar-refractivity contribution in [3.63, 3.8) is 0 Å². The Bertz CT molecular complexity index is 150. The standard InChI is InChI=1S/C7H18N2.C3H6O3/c1-4-5-6-7-8-9(2)3;1-2(4)3(5)6/h8H,4-7H2,1-3H3;2,4H,1H3,(H,5,6). The minimum atomic E-state index is -1.23. The van der Waals surface area contributed by atoms with E-state index in [0.29, 0.717) is 0 Å². The van der Waals surface area contributed by atoms with Gasteiger partial charge in [-0.3, -0.25) is 10.4 Å². The van der Waals surface area contributed by atoms with Gasteiger partial charge >= 0.3 is 5.97 Å². The molecule has 1 unspecified atom stereocenters. The fourth-order valence-electron chi connectivity index (χ4n) is 0.678. The van der Waals surface area contributed by atoms with Gasteiger partial charge in [0, 0.05) is 20.6 Å². The molecule has 0 aliphatic heterocycles. The number of carboxylic acid groups (broad SMARTS) is 1. The second-order valence-corrected chi connectivity index (χ2v) is 3.52. The first kappa shape index (κ1) is 16.8. The third-order valence-electron chi connectivity index (χ3n) is 1.57. The topological polar surface area (TPSA) is 72.8 Å². The SMILES string of the molecule is CC(O)C(=O)O.CCCCCNN(C)C. The summed E-state index contributed by atoms with van der Waals surface area (Å²) in [6.07, 6.45) is 2.69. The van der Waals surface area contributed by atoms with Crippen molar-refractivity contribution >= 4 is 5.97 Å². The summed E-state index contributed by atoms with van der Waals surface area (Å²) >= 11 is 0. The number of rotatable bonds is 6. The zero-order valence-corrected chi connectivity index (χ0v) is 10.2. The molecule has 15 heavy (non-hydrogen) atoms. The van der Waals surface area contributed by atoms with E-state index in [1.807, 2.05) is 19.1 Å². The van der Waals surface area contributed by atoms with Crippen LogP contribution in [0.3, 0.4) is 0 Å². The Morgan fingerprint density at radius 2 is 1.87 bits per heavy atom. The zero-order chi connectivity index (χ0) is 12.3. The highest BCUT2D eigenvalue weighted by atomic mass is 16.4. The molecule has 0 aromatic rings. The zero-order valence-electron chi connectivity index (χ0n) is 10.2. The molecule has 92 valence electrons. The van der Waals surface area contributed by atoms with Crippen LogP contribution in [0.1, 0.15) is 33.1 Å². The molecule has 0 amide bonds. The monoisotopic (exact) mass is 220 g/mol. The van der Waals surface area contributed by atoms with Crippen molar-refractivity contribution in [2.24, 2.45) is 0 Å². The highest BCUT2D eigenvalue weighted by Gasteiger charge is 2.01. The van der Waals surface area contributed by atoms with Crippen LogP contribution in [0.4, 0.5) is 0 Å². The largest absolute Gasteiger partial charge is 0.479 e. The highest BCUT2D eigenvalue weighted by Crippen LogP contribution is 1.90. The summed E-state index contributed by atoms with van der Waals surface area (Å²) in [6.45, 7) is 4.53. The summed E-state index contributed by atoms with van der Waals surface area (Å²) in [5.74, 6) is -1.19. The molecular weight excluding hydrogens is 196 g/mol. The van der Waals surface area contributed by atoms with E-state index in [-0.39, 0.29) is 0 Å². The van der Waals surface area contributed by atoms with E-state index < -0.39 is 12.1 Å². The van der Waals surface area contributed by atoms with Crippen molar-refractivity contribution in [2.75, 3.05) is 20.6 Å². The van der Waals surface area contributed by atoms with Crippen LogP contribution >= 0.6 is 0 Å². The van der Waals surface area contributed by atoms with Gasteiger partial charge in [0.05, 0.1) is 0 Å². The van der Waals surface area contributed by atoms with Gasteiger partial charge in [-0.15, -0.1) is 0 Å². The molecule has 0 rings (SSSR count). The van der Waals surface area contributed by atoms with Crippen molar-refractivity contribution in [1.82, 2.24) is 10.4 Å². The third-order valence-corrected chi connectivity index (χ3v) is 1.57. The van der Waals surface area contributed by atoms with Crippen molar-refractivity contribution in [3.8, 4) is 0 Å². The van der Waals surface area contributed by atoms with Crippen LogP contribution < -0.4 is 5.43 Å². The van der Waals surface area contributed by atoms with Crippen molar-refractivity contribution < 1.29 is 15.0 Å². The number of nitrogens with zero attached hydrogens (tertiary/aromatic N) is 1. The lowest BCUT2D eigenvalue weighted by molar-refractivity contribution is -0.145. The molecule has 0 aromatic heterocycles. The van der Waals surface area contributed by atoms with Gasteiger partial charge < -0.3 is 10.2 Å². The van der Waals surface area contributed by atoms with Gasteiger partial charge in [0.15, 0.2) is 0 Å². The van der Waals surface area contributed by atoms with E-state index in [4.69, 9.17) is 10.2 Å². The van der Waals surface area contributed by atoms with Gasteiger partial charge in [0.25, 0.3) is 0 Å². The van der Waals surface area contributed by atoms with Crippen molar-refractivity contribution in [2.45, 2.75) is 39.2 Å². The first-order valence-electron chi connectivity index (χ1n) is 5.23. The number of unbranched alkanes of at least 4 members (excludes halogenated alkanes) is 2. The van der Waals surface area contributed by atoms with E-state index in [1.54, 1.807) is 0 Å². The maximum atomic E-state index is 9.45. The van der Waals surface area contributed by atoms with Crippen LogP contribution in [0, 0.1) is 0 Å². The van der Waals surface area contributed by atoms with Gasteiger partial charge in [-0.25, -0.2) is 4.79 Å². The molecule has 0 saturated heterocycles. The quantitative estimate of drug-likeness (QED) is 0.454. The second kappa shape index (κ2) is 11.4. The summed E-state index contributed by atoms with van der Waals surface area (Å²) < 4.78 is 0. The summed E-state index contributed by atoms with van der Waals surface area (Å²) in [6, 6.07) is 0. The molecule has 5 nitrogen and oxygen atoms in total. The van der Waals surface area contributed by atoms with Crippen LogP contribution in [0.5, 0.6) is 0 Å². The lowest BCUT2D eigenvalue weighted by Gasteiger charge is -2.10. The van der Waals surface area contributed by atoms with Gasteiger partial charge in [-0.1, -0.05) is 19.8 Å². The summed E-state index contributed by atoms with van der Waals surface area (Å²) in [7, 11) is 4.04. The maximum Gasteiger partial charge on any atom is 0.332 e. The minimum Gasteiger partial charge on any atom is -0.479 e. The van der Waals surface area contributed by atoms with Crippen LogP contribution in [-0.2, 0) is 4.79 Å². The Labute approximate surface area is 92.1 Å². The van der Waals surface area contributed by atoms with Gasteiger partial charge in [0.1, 0.15) is 6.10 Å². The molecule has 0 fully saturated rings. The lowest BCUT2D eigenvalue weighted by Crippen LogP contribution is -2.30. The van der Waals surface area contributed by atoms with Crippen molar-refractivity contribution in [3.05, 3.63) is 0 Å². The summed E-state index contributed by atoms with van der Waals surface area (Å²) in [5, 5.41) is 17.8. The summed E-state index contributed by atoms with van der Waals surface area (Å²) in [5.41, 5.74) is 3.21. The number of hydrazine groups is 1. The molecule has 0 heterocycles. The number of aliphatic hydroxyl groups is 1. The van der Waals surface area contributed by atoms with E-state index in [1.165, 1.54) is 26.2 Å². The average Bonchev–Trinajstić information content (AvgIpc) is 2.13. The number of aliphatic carboxylic acids is 1. The molecular formula is C10H24N2O3. The van der Waals surface area contributed by atoms with Gasteiger partial charge in [-0.05, 0) is 13.3 Å². The van der Waals surface area contributed by atoms with Gasteiger partial charge in [-0.2, -0.15) is 0 Å². The molecule has 0 aliphatic carbocycles. The molecule has 0 spiro atoms. The highest BCUT2D eigenvalue weighted by molar-refractivity contribution is 5.71. The van der Waals surface area contributed by atoms with Crippen LogP contribution in [0.2, 0.25) is 0 Å². The Hall–Kier alpha value is -0.650. The Balaban J connectivity index is 0. The molecule has 0 bridgehead atoms. The molecule has 0 saturated carbocycles. The molecule has 3 N–H and O–H groups in total. The minimum absolute atomic E-state index is 1.11. The Morgan fingerprint density at radius 1 is 1.40 bits per heavy atom. The molecule has 0 radical (unpaired) electrons. The number of hydrogen-bond donors (Lipinski definition) is 3. The number of carbonyl (C=O) groups is 1. The summed E-state index contributed by atoms with van der Waals surface area (Å²) in [4.78, 5) is 9.45. The van der Waals surface area contributed by atoms with E-state index in [9.17, 15) is 4.79 Å². The first-order valence-corrected chi connectivity index (χ1v) is 5.23. The second-order valence-electron chi connectivity index (χ2n) is 3.52. The van der Waals surface area contributed by atoms with Crippen molar-refractivity contribution in [1.29, 1.82) is 0 Å². The van der Waals surface area contributed by atoms with Crippen LogP contribution in [0.25, 0.3) is 0 Å². The van der Waals surface area contributed by atoms with E-state index >= 15 is 0 Å². The van der Waals surface area contributed by atoms with Crippen LogP contribution in [-0.4, -0.2) is 47.9 Å². The molecule has 0 aromatic carbocycles. The predicted octanol–water partition coefficient (Wildman–Crippen LogP) is 0.695. The van der Waals surface area contributed by atoms with Crippen LogP contribution in [0.15, 0.2) is 0 Å². The van der Waals surface area contributed by atoms with Gasteiger partial charge in [0.2, 0.25) is 0 Å². The first-order chi connectivity index (χ1) is 6.91. The number of carboxylic acids is 1. The Morgan fingerprint density at radius 3 is 2.13 bits per heavy atom. The molecule has 0 aliphatic rings. The third kappa shape index (κ3) is 19.7. The fraction of sp³-hybridized carbons (Fsp3) is 0.900. The lowest BCUT2D eigenvalue weighted by atomic mass is 10.2. The fourth-order valence-corrected chi connectivity index (χ4v) is 0.678. The molecule has 5 heteroatoms. The smallest absolute Gasteiger partial charge is 0.332 e. The van der Waals surface area contributed by atoms with E-state index in [0.717, 1.165) is 6.54 Å². The predicted molar refractivity (Wildman–Crippen MR) is 60.5 cm³/mol. The maximum absolute atomic E-state index is 9.45. The van der Waals surface area contributed by atoms with E-state index in [2.05, 4.69) is 12.3 Å². The normalized spacial score (nSPS) is 11.9. The Kier molecular flexibility index (Phi) is 12.8. The number of hydrogen-bond acceptors (Lipinski definition) is 4.